The zero-order valence-electron chi connectivity index (χ0n) is 15.8. The van der Waals surface area contributed by atoms with Crippen molar-refractivity contribution in [2.75, 3.05) is 44.3 Å². The molecule has 0 spiro atoms. The van der Waals surface area contributed by atoms with Crippen molar-refractivity contribution in [3.05, 3.63) is 11.1 Å². The van der Waals surface area contributed by atoms with Crippen molar-refractivity contribution in [2.45, 2.75) is 33.1 Å². The molecule has 2 N–H and O–H groups in total. The second-order valence-corrected chi connectivity index (χ2v) is 6.87. The summed E-state index contributed by atoms with van der Waals surface area (Å²) in [6.07, 6.45) is 0.927. The van der Waals surface area contributed by atoms with Gasteiger partial charge >= 0.3 is 0 Å². The summed E-state index contributed by atoms with van der Waals surface area (Å²) in [5.74, 6) is -0.757. The zero-order chi connectivity index (χ0) is 19.6. The fraction of sp³-hybridized carbons (Fsp3) is 0.647. The molecule has 1 aliphatic heterocycles. The molecular weight excluding hydrogens is 370 g/mol. The summed E-state index contributed by atoms with van der Waals surface area (Å²) in [6.45, 7) is 7.96. The molecule has 27 heavy (non-hydrogen) atoms. The summed E-state index contributed by atoms with van der Waals surface area (Å²) >= 11 is 1.39. The first kappa shape index (κ1) is 21.1. The van der Waals surface area contributed by atoms with Crippen molar-refractivity contribution in [1.82, 2.24) is 20.7 Å². The summed E-state index contributed by atoms with van der Waals surface area (Å²) in [5.41, 5.74) is 5.00. The van der Waals surface area contributed by atoms with Crippen LogP contribution in [0.5, 0.6) is 0 Å². The predicted octanol–water partition coefficient (Wildman–Crippen LogP) is 0.779. The van der Waals surface area contributed by atoms with Crippen LogP contribution in [0.1, 0.15) is 43.6 Å². The summed E-state index contributed by atoms with van der Waals surface area (Å²) in [4.78, 5) is 43.9. The number of hydrazine groups is 1. The van der Waals surface area contributed by atoms with Crippen LogP contribution < -0.4 is 15.8 Å². The Kier molecular flexibility index (Phi) is 8.46. The highest BCUT2D eigenvalue weighted by atomic mass is 32.1. The molecule has 0 atom stereocenters. The molecule has 2 rings (SSSR count). The van der Waals surface area contributed by atoms with Crippen molar-refractivity contribution in [1.29, 1.82) is 0 Å². The minimum Gasteiger partial charge on any atom is -0.378 e. The SMILES string of the molecule is CCN(CC)C(=O)CCCC(=O)NNC(=O)c1csc(N2CCOCC2)n1. The molecule has 1 fully saturated rings. The first-order valence-electron chi connectivity index (χ1n) is 9.20. The lowest BCUT2D eigenvalue weighted by Gasteiger charge is -2.25. The number of nitrogens with zero attached hydrogens (tertiary/aromatic N) is 3. The molecule has 150 valence electrons. The van der Waals surface area contributed by atoms with E-state index in [2.05, 4.69) is 20.7 Å². The quantitative estimate of drug-likeness (QED) is 0.628. The molecule has 1 saturated heterocycles. The molecule has 0 aromatic carbocycles. The first-order valence-corrected chi connectivity index (χ1v) is 10.1. The Labute approximate surface area is 163 Å². The van der Waals surface area contributed by atoms with Crippen LogP contribution in [0.3, 0.4) is 0 Å². The average molecular weight is 398 g/mol. The van der Waals surface area contributed by atoms with E-state index in [9.17, 15) is 14.4 Å². The molecule has 10 heteroatoms. The van der Waals surface area contributed by atoms with Crippen molar-refractivity contribution in [2.24, 2.45) is 0 Å². The van der Waals surface area contributed by atoms with Gasteiger partial charge in [-0.2, -0.15) is 0 Å². The molecule has 1 aromatic rings. The third-order valence-corrected chi connectivity index (χ3v) is 5.13. The highest BCUT2D eigenvalue weighted by Crippen LogP contribution is 2.21. The van der Waals surface area contributed by atoms with E-state index in [0.717, 1.165) is 18.2 Å². The lowest BCUT2D eigenvalue weighted by atomic mass is 10.2. The molecule has 0 saturated carbocycles. The van der Waals surface area contributed by atoms with E-state index < -0.39 is 5.91 Å². The van der Waals surface area contributed by atoms with Crippen molar-refractivity contribution in [3.8, 4) is 0 Å². The van der Waals surface area contributed by atoms with Crippen LogP contribution in [0.4, 0.5) is 5.13 Å². The van der Waals surface area contributed by atoms with E-state index in [-0.39, 0.29) is 23.9 Å². The topological polar surface area (TPSA) is 104 Å². The summed E-state index contributed by atoms with van der Waals surface area (Å²) < 4.78 is 5.30. The standard InChI is InChI=1S/C17H27N5O4S/c1-3-21(4-2)15(24)7-5-6-14(23)19-20-16(25)13-12-27-17(18-13)22-8-10-26-11-9-22/h12H,3-11H2,1-2H3,(H,19,23)(H,20,25). The van der Waals surface area contributed by atoms with Gasteiger partial charge in [0.15, 0.2) is 5.13 Å². The van der Waals surface area contributed by atoms with Gasteiger partial charge in [0.1, 0.15) is 5.69 Å². The molecule has 0 radical (unpaired) electrons. The van der Waals surface area contributed by atoms with E-state index in [1.807, 2.05) is 13.8 Å². The minimum absolute atomic E-state index is 0.0370. The molecule has 0 aliphatic carbocycles. The monoisotopic (exact) mass is 397 g/mol. The van der Waals surface area contributed by atoms with Gasteiger partial charge in [-0.3, -0.25) is 25.2 Å². The number of anilines is 1. The van der Waals surface area contributed by atoms with E-state index in [1.165, 1.54) is 11.3 Å². The lowest BCUT2D eigenvalue weighted by molar-refractivity contribution is -0.131. The number of morpholine rings is 1. The Hall–Kier alpha value is -2.20. The molecule has 0 unspecified atom stereocenters. The predicted molar refractivity (Wildman–Crippen MR) is 103 cm³/mol. The normalized spacial score (nSPS) is 13.9. The number of hydrogen-bond acceptors (Lipinski definition) is 7. The molecule has 3 amide bonds. The van der Waals surface area contributed by atoms with Gasteiger partial charge in [0.25, 0.3) is 5.91 Å². The molecule has 9 nitrogen and oxygen atoms in total. The average Bonchev–Trinajstić information content (AvgIpc) is 3.18. The van der Waals surface area contributed by atoms with Crippen LogP contribution in [0.25, 0.3) is 0 Å². The number of amides is 3. The molecule has 1 aliphatic rings. The van der Waals surface area contributed by atoms with Gasteiger partial charge in [0.05, 0.1) is 13.2 Å². The van der Waals surface area contributed by atoms with Gasteiger partial charge in [-0.05, 0) is 20.3 Å². The van der Waals surface area contributed by atoms with Crippen molar-refractivity contribution in [3.63, 3.8) is 0 Å². The molecule has 1 aromatic heterocycles. The van der Waals surface area contributed by atoms with Gasteiger partial charge in [-0.1, -0.05) is 0 Å². The van der Waals surface area contributed by atoms with Gasteiger partial charge in [-0.15, -0.1) is 11.3 Å². The molecular formula is C17H27N5O4S. The van der Waals surface area contributed by atoms with Crippen LogP contribution in [-0.2, 0) is 14.3 Å². The highest BCUT2D eigenvalue weighted by molar-refractivity contribution is 7.13. The fourth-order valence-electron chi connectivity index (χ4n) is 2.66. The summed E-state index contributed by atoms with van der Waals surface area (Å²) in [7, 11) is 0. The van der Waals surface area contributed by atoms with E-state index in [1.54, 1.807) is 10.3 Å². The van der Waals surface area contributed by atoms with Gasteiger partial charge < -0.3 is 14.5 Å². The van der Waals surface area contributed by atoms with Crippen molar-refractivity contribution < 1.29 is 19.1 Å². The Bertz CT molecular complexity index is 641. The maximum atomic E-state index is 12.1. The van der Waals surface area contributed by atoms with Crippen LogP contribution in [-0.4, -0.2) is 67.0 Å². The van der Waals surface area contributed by atoms with Gasteiger partial charge in [0, 0.05) is 44.4 Å². The number of hydrogen-bond donors (Lipinski definition) is 2. The van der Waals surface area contributed by atoms with Gasteiger partial charge in [0.2, 0.25) is 11.8 Å². The van der Waals surface area contributed by atoms with Crippen LogP contribution in [0.15, 0.2) is 5.38 Å². The summed E-state index contributed by atoms with van der Waals surface area (Å²) in [6, 6.07) is 0. The maximum absolute atomic E-state index is 12.1. The second kappa shape index (κ2) is 10.8. The minimum atomic E-state index is -0.460. The van der Waals surface area contributed by atoms with E-state index >= 15 is 0 Å². The second-order valence-electron chi connectivity index (χ2n) is 6.04. The third kappa shape index (κ3) is 6.47. The molecule has 2 heterocycles. The Morgan fingerprint density at radius 1 is 1.19 bits per heavy atom. The Morgan fingerprint density at radius 2 is 1.89 bits per heavy atom. The number of rotatable bonds is 8. The smallest absolute Gasteiger partial charge is 0.289 e. The zero-order valence-corrected chi connectivity index (χ0v) is 16.6. The number of carbonyl (C=O) groups is 3. The fourth-order valence-corrected chi connectivity index (χ4v) is 3.52. The highest BCUT2D eigenvalue weighted by Gasteiger charge is 2.18. The number of thiazole rings is 1. The number of aromatic nitrogens is 1. The van der Waals surface area contributed by atoms with E-state index in [0.29, 0.717) is 39.1 Å². The largest absolute Gasteiger partial charge is 0.378 e. The van der Waals surface area contributed by atoms with Crippen LogP contribution in [0.2, 0.25) is 0 Å². The Morgan fingerprint density at radius 3 is 2.56 bits per heavy atom. The van der Waals surface area contributed by atoms with E-state index in [4.69, 9.17) is 4.74 Å². The maximum Gasteiger partial charge on any atom is 0.289 e. The number of carbonyl (C=O) groups excluding carboxylic acids is 3. The summed E-state index contributed by atoms with van der Waals surface area (Å²) in [5, 5.41) is 2.43. The third-order valence-electron chi connectivity index (χ3n) is 4.23. The van der Waals surface area contributed by atoms with Crippen molar-refractivity contribution >= 4 is 34.2 Å². The number of nitrogens with one attached hydrogen (secondary N) is 2. The Balaban J connectivity index is 1.69. The van der Waals surface area contributed by atoms with Crippen LogP contribution >= 0.6 is 11.3 Å². The molecule has 0 bridgehead atoms. The lowest BCUT2D eigenvalue weighted by Crippen LogP contribution is -2.42. The number of ether oxygens (including phenoxy) is 1. The first-order chi connectivity index (χ1) is 13.0. The van der Waals surface area contributed by atoms with Gasteiger partial charge in [-0.25, -0.2) is 4.98 Å². The van der Waals surface area contributed by atoms with Crippen LogP contribution in [0, 0.1) is 0 Å².